The van der Waals surface area contributed by atoms with Gasteiger partial charge in [0.05, 0.1) is 6.61 Å². The van der Waals surface area contributed by atoms with Gasteiger partial charge in [0.1, 0.15) is 5.75 Å². The standard InChI is InChI=1S/C11H15BO5/c1-2-3-9-15-11(13)17-12(14)16-10-7-5-4-6-8-10/h4-8,14H,2-3,9H2,1H3. The monoisotopic (exact) mass is 238 g/mol. The third-order valence-corrected chi connectivity index (χ3v) is 1.89. The summed E-state index contributed by atoms with van der Waals surface area (Å²) in [5.41, 5.74) is 0. The average molecular weight is 238 g/mol. The Kier molecular flexibility index (Phi) is 5.95. The number of carbonyl (C=O) groups is 1. The lowest BCUT2D eigenvalue weighted by molar-refractivity contribution is 0.0812. The van der Waals surface area contributed by atoms with Gasteiger partial charge in [0.2, 0.25) is 0 Å². The van der Waals surface area contributed by atoms with Gasteiger partial charge < -0.3 is 19.1 Å². The van der Waals surface area contributed by atoms with Crippen molar-refractivity contribution in [3.8, 4) is 5.75 Å². The molecule has 92 valence electrons. The molecule has 0 atom stereocenters. The largest absolute Gasteiger partial charge is 0.789 e. The topological polar surface area (TPSA) is 65.0 Å². The highest BCUT2D eigenvalue weighted by molar-refractivity contribution is 6.38. The highest BCUT2D eigenvalue weighted by Gasteiger charge is 2.25. The summed E-state index contributed by atoms with van der Waals surface area (Å²) in [5.74, 6) is 0.404. The smallest absolute Gasteiger partial charge is 0.501 e. The van der Waals surface area contributed by atoms with Gasteiger partial charge in [-0.1, -0.05) is 31.5 Å². The number of hydrogen-bond donors (Lipinski definition) is 1. The van der Waals surface area contributed by atoms with Gasteiger partial charge in [-0.25, -0.2) is 4.79 Å². The molecule has 0 aliphatic heterocycles. The molecule has 0 bridgehead atoms. The van der Waals surface area contributed by atoms with Crippen LogP contribution in [-0.2, 0) is 9.39 Å². The Morgan fingerprint density at radius 3 is 2.71 bits per heavy atom. The molecule has 1 rings (SSSR count). The highest BCUT2D eigenvalue weighted by Crippen LogP contribution is 2.09. The molecular weight excluding hydrogens is 223 g/mol. The summed E-state index contributed by atoms with van der Waals surface area (Å²) in [6.07, 6.45) is 0.725. The average Bonchev–Trinajstić information content (AvgIpc) is 2.30. The van der Waals surface area contributed by atoms with E-state index in [0.29, 0.717) is 5.75 Å². The Hall–Kier alpha value is -1.69. The zero-order chi connectivity index (χ0) is 12.5. The predicted molar refractivity (Wildman–Crippen MR) is 62.4 cm³/mol. The molecule has 5 nitrogen and oxygen atoms in total. The van der Waals surface area contributed by atoms with Gasteiger partial charge in [-0.3, -0.25) is 0 Å². The summed E-state index contributed by atoms with van der Waals surface area (Å²) in [5, 5.41) is 9.28. The van der Waals surface area contributed by atoms with Crippen LogP contribution >= 0.6 is 0 Å². The first-order valence-corrected chi connectivity index (χ1v) is 5.45. The fourth-order valence-corrected chi connectivity index (χ4v) is 1.06. The van der Waals surface area contributed by atoms with Crippen molar-refractivity contribution in [1.82, 2.24) is 0 Å². The van der Waals surface area contributed by atoms with Crippen molar-refractivity contribution in [2.75, 3.05) is 6.61 Å². The Balaban J connectivity index is 2.25. The minimum Gasteiger partial charge on any atom is -0.501 e. The molecule has 1 aromatic carbocycles. The Labute approximate surface area is 100 Å². The summed E-state index contributed by atoms with van der Waals surface area (Å²) in [4.78, 5) is 11.0. The summed E-state index contributed by atoms with van der Waals surface area (Å²) in [6.45, 7) is 2.25. The molecule has 0 amide bonds. The number of para-hydroxylation sites is 1. The maximum absolute atomic E-state index is 11.0. The highest BCUT2D eigenvalue weighted by atomic mass is 16.8. The number of benzene rings is 1. The third kappa shape index (κ3) is 5.82. The van der Waals surface area contributed by atoms with E-state index in [0.717, 1.165) is 12.8 Å². The van der Waals surface area contributed by atoms with E-state index in [1.54, 1.807) is 30.3 Å². The first-order chi connectivity index (χ1) is 8.22. The summed E-state index contributed by atoms with van der Waals surface area (Å²) < 4.78 is 14.1. The maximum Gasteiger partial charge on any atom is 0.789 e. The molecule has 6 heteroatoms. The maximum atomic E-state index is 11.0. The molecule has 0 aromatic heterocycles. The number of carbonyl (C=O) groups excluding carboxylic acids is 1. The molecule has 0 aliphatic rings. The van der Waals surface area contributed by atoms with Crippen molar-refractivity contribution in [2.24, 2.45) is 0 Å². The van der Waals surface area contributed by atoms with Gasteiger partial charge in [0, 0.05) is 0 Å². The van der Waals surface area contributed by atoms with Crippen LogP contribution in [0.4, 0.5) is 4.79 Å². The number of ether oxygens (including phenoxy) is 1. The lowest BCUT2D eigenvalue weighted by Gasteiger charge is -2.09. The van der Waals surface area contributed by atoms with Crippen molar-refractivity contribution in [3.63, 3.8) is 0 Å². The van der Waals surface area contributed by atoms with E-state index < -0.39 is 13.5 Å². The van der Waals surface area contributed by atoms with E-state index in [-0.39, 0.29) is 6.61 Å². The summed E-state index contributed by atoms with van der Waals surface area (Å²) in [6, 6.07) is 8.55. The minimum atomic E-state index is -1.66. The Bertz CT molecular complexity index is 330. The van der Waals surface area contributed by atoms with Crippen LogP contribution in [0.2, 0.25) is 0 Å². The molecule has 0 radical (unpaired) electrons. The van der Waals surface area contributed by atoms with E-state index in [1.807, 2.05) is 6.92 Å². The fourth-order valence-electron chi connectivity index (χ4n) is 1.06. The SMILES string of the molecule is CCCCOC(=O)OB(O)Oc1ccccc1. The van der Waals surface area contributed by atoms with Crippen LogP contribution in [0.15, 0.2) is 30.3 Å². The van der Waals surface area contributed by atoms with E-state index in [2.05, 4.69) is 9.39 Å². The van der Waals surface area contributed by atoms with E-state index in [4.69, 9.17) is 4.65 Å². The van der Waals surface area contributed by atoms with Crippen LogP contribution < -0.4 is 4.65 Å². The molecule has 0 spiro atoms. The zero-order valence-corrected chi connectivity index (χ0v) is 9.67. The second-order valence-corrected chi connectivity index (χ2v) is 3.31. The van der Waals surface area contributed by atoms with Crippen LogP contribution in [0.1, 0.15) is 19.8 Å². The van der Waals surface area contributed by atoms with Crippen molar-refractivity contribution in [1.29, 1.82) is 0 Å². The van der Waals surface area contributed by atoms with Crippen molar-refractivity contribution >= 4 is 13.5 Å². The molecule has 0 fully saturated rings. The van der Waals surface area contributed by atoms with Gasteiger partial charge in [0.15, 0.2) is 0 Å². The molecule has 1 N–H and O–H groups in total. The number of unbranched alkanes of at least 4 members (excludes halogenated alkanes) is 1. The fraction of sp³-hybridized carbons (Fsp3) is 0.364. The van der Waals surface area contributed by atoms with E-state index >= 15 is 0 Å². The van der Waals surface area contributed by atoms with Crippen molar-refractivity contribution in [3.05, 3.63) is 30.3 Å². The summed E-state index contributed by atoms with van der Waals surface area (Å²) in [7, 11) is -1.66. The molecule has 0 heterocycles. The third-order valence-electron chi connectivity index (χ3n) is 1.89. The number of hydrogen-bond acceptors (Lipinski definition) is 5. The van der Waals surface area contributed by atoms with E-state index in [9.17, 15) is 9.82 Å². The Morgan fingerprint density at radius 2 is 2.06 bits per heavy atom. The van der Waals surface area contributed by atoms with Gasteiger partial charge in [-0.15, -0.1) is 0 Å². The Morgan fingerprint density at radius 1 is 1.35 bits per heavy atom. The van der Waals surface area contributed by atoms with Gasteiger partial charge in [0.25, 0.3) is 0 Å². The second-order valence-electron chi connectivity index (χ2n) is 3.31. The summed E-state index contributed by atoms with van der Waals surface area (Å²) >= 11 is 0. The molecule has 0 aliphatic carbocycles. The molecular formula is C11H15BO5. The quantitative estimate of drug-likeness (QED) is 0.466. The van der Waals surface area contributed by atoms with Crippen LogP contribution in [0, 0.1) is 0 Å². The lowest BCUT2D eigenvalue weighted by Crippen LogP contribution is -2.29. The van der Waals surface area contributed by atoms with Crippen LogP contribution in [0.25, 0.3) is 0 Å². The normalized spacial score (nSPS) is 9.53. The van der Waals surface area contributed by atoms with Crippen LogP contribution in [0.5, 0.6) is 5.75 Å². The minimum absolute atomic E-state index is 0.271. The zero-order valence-electron chi connectivity index (χ0n) is 9.67. The van der Waals surface area contributed by atoms with Crippen molar-refractivity contribution < 1.29 is 23.9 Å². The lowest BCUT2D eigenvalue weighted by atomic mass is 10.2. The van der Waals surface area contributed by atoms with Crippen molar-refractivity contribution in [2.45, 2.75) is 19.8 Å². The molecule has 17 heavy (non-hydrogen) atoms. The van der Waals surface area contributed by atoms with Gasteiger partial charge >= 0.3 is 13.5 Å². The second kappa shape index (κ2) is 7.57. The van der Waals surface area contributed by atoms with Crippen LogP contribution in [-0.4, -0.2) is 25.1 Å². The molecule has 0 unspecified atom stereocenters. The predicted octanol–water partition coefficient (Wildman–Crippen LogP) is 2.00. The molecule has 1 aromatic rings. The van der Waals surface area contributed by atoms with Gasteiger partial charge in [-0.05, 0) is 18.6 Å². The van der Waals surface area contributed by atoms with Gasteiger partial charge in [-0.2, -0.15) is 0 Å². The molecule has 0 saturated carbocycles. The first-order valence-electron chi connectivity index (χ1n) is 5.45. The van der Waals surface area contributed by atoms with Crippen LogP contribution in [0.3, 0.4) is 0 Å². The van der Waals surface area contributed by atoms with E-state index in [1.165, 1.54) is 0 Å². The first kappa shape index (κ1) is 13.4. The number of rotatable bonds is 6. The molecule has 0 saturated heterocycles.